The quantitative estimate of drug-likeness (QED) is 0.683. The number of ketones is 2. The molecule has 0 radical (unpaired) electrons. The molecule has 2 bridgehead atoms. The highest BCUT2D eigenvalue weighted by Crippen LogP contribution is 2.69. The number of anilines is 1. The minimum Gasteiger partial charge on any atom is -0.495 e. The topological polar surface area (TPSA) is 72.5 Å². The molecule has 1 N–H and O–H groups in total. The summed E-state index contributed by atoms with van der Waals surface area (Å²) in [4.78, 5) is 38.4. The lowest BCUT2D eigenvalue weighted by Crippen LogP contribution is -2.47. The van der Waals surface area contributed by atoms with Crippen LogP contribution in [0.2, 0.25) is 0 Å². The maximum atomic E-state index is 13.1. The molecule has 24 heavy (non-hydrogen) atoms. The Labute approximate surface area is 141 Å². The van der Waals surface area contributed by atoms with Crippen LogP contribution < -0.4 is 10.1 Å². The number of methoxy groups -OCH3 is 1. The Balaban J connectivity index is 2.03. The number of Topliss-reactive ketones (excluding diaryl/α,β-unsaturated/α-hetero) is 2. The van der Waals surface area contributed by atoms with Crippen LogP contribution in [0.3, 0.4) is 0 Å². The van der Waals surface area contributed by atoms with Crippen molar-refractivity contribution in [1.82, 2.24) is 0 Å². The van der Waals surface area contributed by atoms with Gasteiger partial charge in [-0.05, 0) is 42.9 Å². The van der Waals surface area contributed by atoms with Crippen LogP contribution in [-0.2, 0) is 14.4 Å². The Hall–Kier alpha value is -2.17. The molecule has 5 nitrogen and oxygen atoms in total. The molecule has 1 aromatic rings. The lowest BCUT2D eigenvalue weighted by molar-refractivity contribution is -0.147. The van der Waals surface area contributed by atoms with Gasteiger partial charge in [0.05, 0.1) is 12.8 Å². The van der Waals surface area contributed by atoms with Gasteiger partial charge in [0, 0.05) is 5.41 Å². The summed E-state index contributed by atoms with van der Waals surface area (Å²) in [5.41, 5.74) is -1.29. The highest BCUT2D eigenvalue weighted by Gasteiger charge is 2.77. The van der Waals surface area contributed by atoms with E-state index in [1.54, 1.807) is 12.1 Å². The SMILES string of the molecule is COc1ccc(C)cc1NC(=O)[C@@]12CC[C@](C)(C(=O)C1=O)C2(C)C. The molecule has 5 heteroatoms. The molecule has 2 atom stereocenters. The first-order valence-electron chi connectivity index (χ1n) is 8.17. The summed E-state index contributed by atoms with van der Waals surface area (Å²) >= 11 is 0. The number of ether oxygens (including phenoxy) is 1. The van der Waals surface area contributed by atoms with Gasteiger partial charge in [0.2, 0.25) is 17.5 Å². The van der Waals surface area contributed by atoms with Gasteiger partial charge < -0.3 is 10.1 Å². The van der Waals surface area contributed by atoms with Crippen molar-refractivity contribution in [2.24, 2.45) is 16.2 Å². The predicted molar refractivity (Wildman–Crippen MR) is 89.9 cm³/mol. The Morgan fingerprint density at radius 3 is 2.33 bits per heavy atom. The van der Waals surface area contributed by atoms with Crippen molar-refractivity contribution < 1.29 is 19.1 Å². The summed E-state index contributed by atoms with van der Waals surface area (Å²) in [6.07, 6.45) is 0.962. The second-order valence-corrected chi connectivity index (χ2v) is 7.68. The molecular formula is C19H23NO4. The molecule has 0 unspecified atom stereocenters. The van der Waals surface area contributed by atoms with Gasteiger partial charge in [-0.15, -0.1) is 0 Å². The van der Waals surface area contributed by atoms with Crippen LogP contribution in [0.1, 0.15) is 39.2 Å². The highest BCUT2D eigenvalue weighted by molar-refractivity contribution is 6.49. The van der Waals surface area contributed by atoms with Crippen molar-refractivity contribution in [3.05, 3.63) is 23.8 Å². The molecule has 0 aromatic heterocycles. The molecule has 128 valence electrons. The smallest absolute Gasteiger partial charge is 0.239 e. The number of benzene rings is 1. The molecule has 0 saturated heterocycles. The lowest BCUT2D eigenvalue weighted by atomic mass is 9.64. The Kier molecular flexibility index (Phi) is 3.41. The van der Waals surface area contributed by atoms with Crippen LogP contribution in [0, 0.1) is 23.2 Å². The molecule has 0 spiro atoms. The highest BCUT2D eigenvalue weighted by atomic mass is 16.5. The zero-order chi connectivity index (χ0) is 17.9. The van der Waals surface area contributed by atoms with Crippen LogP contribution >= 0.6 is 0 Å². The monoisotopic (exact) mass is 329 g/mol. The second-order valence-electron chi connectivity index (χ2n) is 7.68. The summed E-state index contributed by atoms with van der Waals surface area (Å²) in [6, 6.07) is 5.46. The van der Waals surface area contributed by atoms with Crippen molar-refractivity contribution in [3.8, 4) is 5.75 Å². The third-order valence-electron chi connectivity index (χ3n) is 6.53. The third kappa shape index (κ3) is 1.73. The lowest BCUT2D eigenvalue weighted by Gasteiger charge is -2.37. The number of hydrogen-bond acceptors (Lipinski definition) is 4. The molecule has 1 amide bonds. The standard InChI is InChI=1S/C19H23NO4/c1-11-6-7-13(24-5)12(10-11)20-16(23)19-9-8-18(4,17(19,2)3)14(21)15(19)22/h6-7,10H,8-9H2,1-5H3,(H,20,23)/t18-,19-/m1/s1. The predicted octanol–water partition coefficient (Wildman–Crippen LogP) is 2.91. The Morgan fingerprint density at radius 1 is 1.12 bits per heavy atom. The van der Waals surface area contributed by atoms with E-state index in [1.807, 2.05) is 33.8 Å². The van der Waals surface area contributed by atoms with Crippen molar-refractivity contribution in [2.45, 2.75) is 40.5 Å². The van der Waals surface area contributed by atoms with Crippen LogP contribution in [0.4, 0.5) is 5.69 Å². The number of carbonyl (C=O) groups excluding carboxylic acids is 3. The van der Waals surface area contributed by atoms with Gasteiger partial charge >= 0.3 is 0 Å². The number of amides is 1. The number of aryl methyl sites for hydroxylation is 1. The second kappa shape index (κ2) is 4.91. The fourth-order valence-electron chi connectivity index (χ4n) is 4.42. The van der Waals surface area contributed by atoms with E-state index in [9.17, 15) is 14.4 Å². The van der Waals surface area contributed by atoms with Gasteiger partial charge in [0.15, 0.2) is 0 Å². The minimum atomic E-state index is -1.30. The number of rotatable bonds is 3. The average molecular weight is 329 g/mol. The van der Waals surface area contributed by atoms with Gasteiger partial charge in [-0.1, -0.05) is 26.8 Å². The first-order valence-corrected chi connectivity index (χ1v) is 8.17. The average Bonchev–Trinajstić information content (AvgIpc) is 2.79. The summed E-state index contributed by atoms with van der Waals surface area (Å²) in [6.45, 7) is 7.43. The number of carbonyl (C=O) groups is 3. The van der Waals surface area contributed by atoms with E-state index in [0.29, 0.717) is 24.3 Å². The zero-order valence-corrected chi connectivity index (χ0v) is 14.8. The molecule has 1 aromatic carbocycles. The largest absolute Gasteiger partial charge is 0.495 e. The Morgan fingerprint density at radius 2 is 1.79 bits per heavy atom. The van der Waals surface area contributed by atoms with E-state index in [-0.39, 0.29) is 0 Å². The molecule has 2 saturated carbocycles. The third-order valence-corrected chi connectivity index (χ3v) is 6.53. The maximum Gasteiger partial charge on any atom is 0.239 e. The normalized spacial score (nSPS) is 30.5. The zero-order valence-electron chi connectivity index (χ0n) is 14.8. The van der Waals surface area contributed by atoms with Crippen molar-refractivity contribution >= 4 is 23.2 Å². The van der Waals surface area contributed by atoms with Crippen LogP contribution in [-0.4, -0.2) is 24.6 Å². The molecular weight excluding hydrogens is 306 g/mol. The summed E-state index contributed by atoms with van der Waals surface area (Å²) in [7, 11) is 1.53. The van der Waals surface area contributed by atoms with E-state index in [1.165, 1.54) is 7.11 Å². The first kappa shape index (κ1) is 16.7. The van der Waals surface area contributed by atoms with Gasteiger partial charge in [-0.2, -0.15) is 0 Å². The molecule has 2 aliphatic carbocycles. The van der Waals surface area contributed by atoms with Crippen LogP contribution in [0.25, 0.3) is 0 Å². The maximum absolute atomic E-state index is 13.1. The number of fused-ring (bicyclic) bond motifs is 2. The van der Waals surface area contributed by atoms with Crippen molar-refractivity contribution in [1.29, 1.82) is 0 Å². The van der Waals surface area contributed by atoms with Gasteiger partial charge in [-0.3, -0.25) is 14.4 Å². The fraction of sp³-hybridized carbons (Fsp3) is 0.526. The minimum absolute atomic E-state index is 0.404. The van der Waals surface area contributed by atoms with E-state index in [4.69, 9.17) is 4.74 Å². The molecule has 2 aliphatic rings. The van der Waals surface area contributed by atoms with E-state index in [2.05, 4.69) is 5.32 Å². The van der Waals surface area contributed by atoms with E-state index >= 15 is 0 Å². The molecule has 2 fully saturated rings. The van der Waals surface area contributed by atoms with E-state index in [0.717, 1.165) is 5.56 Å². The van der Waals surface area contributed by atoms with Crippen molar-refractivity contribution in [2.75, 3.05) is 12.4 Å². The molecule has 0 heterocycles. The molecule has 3 rings (SSSR count). The molecule has 0 aliphatic heterocycles. The number of hydrogen-bond donors (Lipinski definition) is 1. The summed E-state index contributed by atoms with van der Waals surface area (Å²) in [5, 5.41) is 2.85. The van der Waals surface area contributed by atoms with Gasteiger partial charge in [0.1, 0.15) is 11.2 Å². The summed E-state index contributed by atoms with van der Waals surface area (Å²) in [5.74, 6) is -0.841. The van der Waals surface area contributed by atoms with Gasteiger partial charge in [0.25, 0.3) is 0 Å². The van der Waals surface area contributed by atoms with Crippen molar-refractivity contribution in [3.63, 3.8) is 0 Å². The fourth-order valence-corrected chi connectivity index (χ4v) is 4.42. The number of nitrogens with one attached hydrogen (secondary N) is 1. The van der Waals surface area contributed by atoms with Gasteiger partial charge in [-0.25, -0.2) is 0 Å². The van der Waals surface area contributed by atoms with Crippen LogP contribution in [0.5, 0.6) is 5.75 Å². The summed E-state index contributed by atoms with van der Waals surface area (Å²) < 4.78 is 5.29. The van der Waals surface area contributed by atoms with E-state index < -0.39 is 33.7 Å². The Bertz CT molecular complexity index is 767. The first-order chi connectivity index (χ1) is 11.1. The van der Waals surface area contributed by atoms with Crippen LogP contribution in [0.15, 0.2) is 18.2 Å².